The molecule has 7 heteroatoms. The third-order valence-corrected chi connectivity index (χ3v) is 6.00. The molecule has 0 bridgehead atoms. The van der Waals surface area contributed by atoms with E-state index < -0.39 is 0 Å². The normalized spacial score (nSPS) is 19.7. The number of carbonyl (C=O) groups is 2. The van der Waals surface area contributed by atoms with Crippen LogP contribution in [0.5, 0.6) is 5.75 Å². The second-order valence-corrected chi connectivity index (χ2v) is 8.74. The SMILES string of the molecule is CN(C)CCNC(=O)c1ccc(OC2CCN(C(=O)[C@@H]3CC=CCC3)CC2)c(Cl)c1. The van der Waals surface area contributed by atoms with Crippen LogP contribution in [0.1, 0.15) is 42.5 Å². The lowest BCUT2D eigenvalue weighted by Crippen LogP contribution is -2.44. The number of hydrogen-bond donors (Lipinski definition) is 1. The van der Waals surface area contributed by atoms with Crippen molar-refractivity contribution in [3.63, 3.8) is 0 Å². The molecule has 164 valence electrons. The molecule has 0 aromatic heterocycles. The van der Waals surface area contributed by atoms with E-state index in [9.17, 15) is 9.59 Å². The quantitative estimate of drug-likeness (QED) is 0.670. The topological polar surface area (TPSA) is 61.9 Å². The van der Waals surface area contributed by atoms with Crippen LogP contribution in [0.25, 0.3) is 0 Å². The minimum Gasteiger partial charge on any atom is -0.489 e. The molecule has 0 saturated carbocycles. The van der Waals surface area contributed by atoms with Gasteiger partial charge in [0.1, 0.15) is 11.9 Å². The Kier molecular flexibility index (Phi) is 8.16. The molecule has 2 amide bonds. The van der Waals surface area contributed by atoms with E-state index in [4.69, 9.17) is 16.3 Å². The number of likely N-dealkylation sites (tertiary alicyclic amines) is 1. The van der Waals surface area contributed by atoms with Crippen molar-refractivity contribution in [2.24, 2.45) is 5.92 Å². The summed E-state index contributed by atoms with van der Waals surface area (Å²) in [4.78, 5) is 28.9. The Morgan fingerprint density at radius 1 is 1.20 bits per heavy atom. The van der Waals surface area contributed by atoms with Crippen LogP contribution >= 0.6 is 11.6 Å². The Hall–Kier alpha value is -2.05. The van der Waals surface area contributed by atoms with Crippen molar-refractivity contribution < 1.29 is 14.3 Å². The molecule has 1 N–H and O–H groups in total. The van der Waals surface area contributed by atoms with E-state index >= 15 is 0 Å². The minimum absolute atomic E-state index is 0.0255. The molecule has 0 spiro atoms. The van der Waals surface area contributed by atoms with Gasteiger partial charge in [0.25, 0.3) is 5.91 Å². The summed E-state index contributed by atoms with van der Waals surface area (Å²) in [6, 6.07) is 5.15. The van der Waals surface area contributed by atoms with Crippen molar-refractivity contribution in [1.82, 2.24) is 15.1 Å². The van der Waals surface area contributed by atoms with Crippen LogP contribution in [0.4, 0.5) is 0 Å². The van der Waals surface area contributed by atoms with Crippen LogP contribution in [0.2, 0.25) is 5.02 Å². The molecule has 1 aromatic carbocycles. The maximum atomic E-state index is 12.7. The average Bonchev–Trinajstić information content (AvgIpc) is 2.75. The van der Waals surface area contributed by atoms with E-state index in [0.29, 0.717) is 36.0 Å². The van der Waals surface area contributed by atoms with Crippen LogP contribution in [0.15, 0.2) is 30.4 Å². The van der Waals surface area contributed by atoms with Gasteiger partial charge in [-0.05, 0) is 51.6 Å². The number of allylic oxidation sites excluding steroid dienone is 2. The lowest BCUT2D eigenvalue weighted by molar-refractivity contribution is -0.137. The van der Waals surface area contributed by atoms with Crippen molar-refractivity contribution in [3.05, 3.63) is 40.9 Å². The molecule has 1 aromatic rings. The molecule has 1 aliphatic carbocycles. The number of nitrogens with zero attached hydrogens (tertiary/aromatic N) is 2. The van der Waals surface area contributed by atoms with Gasteiger partial charge in [-0.15, -0.1) is 0 Å². The van der Waals surface area contributed by atoms with Crippen molar-refractivity contribution in [2.45, 2.75) is 38.2 Å². The molecule has 30 heavy (non-hydrogen) atoms. The second-order valence-electron chi connectivity index (χ2n) is 8.33. The molecule has 2 aliphatic rings. The summed E-state index contributed by atoms with van der Waals surface area (Å²) in [6.45, 7) is 2.79. The van der Waals surface area contributed by atoms with Crippen LogP contribution in [-0.4, -0.2) is 68.0 Å². The van der Waals surface area contributed by atoms with Crippen LogP contribution in [-0.2, 0) is 4.79 Å². The summed E-state index contributed by atoms with van der Waals surface area (Å²) in [5.41, 5.74) is 0.521. The van der Waals surface area contributed by atoms with E-state index in [2.05, 4.69) is 17.5 Å². The summed E-state index contributed by atoms with van der Waals surface area (Å²) in [7, 11) is 3.92. The number of halogens is 1. The van der Waals surface area contributed by atoms with Crippen LogP contribution < -0.4 is 10.1 Å². The first kappa shape index (κ1) is 22.6. The number of piperidine rings is 1. The first-order valence-corrected chi connectivity index (χ1v) is 11.1. The van der Waals surface area contributed by atoms with Crippen molar-refractivity contribution in [1.29, 1.82) is 0 Å². The fourth-order valence-corrected chi connectivity index (χ4v) is 4.11. The van der Waals surface area contributed by atoms with Gasteiger partial charge >= 0.3 is 0 Å². The molecule has 1 saturated heterocycles. The fourth-order valence-electron chi connectivity index (χ4n) is 3.88. The lowest BCUT2D eigenvalue weighted by atomic mass is 9.92. The summed E-state index contributed by atoms with van der Waals surface area (Å²) in [5, 5.41) is 3.31. The molecule has 6 nitrogen and oxygen atoms in total. The highest BCUT2D eigenvalue weighted by Crippen LogP contribution is 2.29. The highest BCUT2D eigenvalue weighted by Gasteiger charge is 2.29. The largest absolute Gasteiger partial charge is 0.489 e. The average molecular weight is 434 g/mol. The third-order valence-electron chi connectivity index (χ3n) is 5.70. The van der Waals surface area contributed by atoms with E-state index in [1.807, 2.05) is 23.9 Å². The van der Waals surface area contributed by atoms with E-state index in [-0.39, 0.29) is 23.8 Å². The maximum absolute atomic E-state index is 12.7. The van der Waals surface area contributed by atoms with Crippen molar-refractivity contribution in [2.75, 3.05) is 40.3 Å². The number of amides is 2. The summed E-state index contributed by atoms with van der Waals surface area (Å²) >= 11 is 6.37. The number of hydrogen-bond acceptors (Lipinski definition) is 4. The number of benzene rings is 1. The number of rotatable bonds is 7. The lowest BCUT2D eigenvalue weighted by Gasteiger charge is -2.34. The zero-order chi connectivity index (χ0) is 21.5. The highest BCUT2D eigenvalue weighted by molar-refractivity contribution is 6.32. The summed E-state index contributed by atoms with van der Waals surface area (Å²) in [6.07, 6.45) is 8.70. The molecule has 1 fully saturated rings. The maximum Gasteiger partial charge on any atom is 0.251 e. The smallest absolute Gasteiger partial charge is 0.251 e. The van der Waals surface area contributed by atoms with Gasteiger partial charge in [0.05, 0.1) is 5.02 Å². The molecule has 3 rings (SSSR count). The number of likely N-dealkylation sites (N-methyl/N-ethyl adjacent to an activating group) is 1. The monoisotopic (exact) mass is 433 g/mol. The Labute approximate surface area is 184 Å². The fraction of sp³-hybridized carbons (Fsp3) is 0.565. The number of nitrogens with one attached hydrogen (secondary N) is 1. The highest BCUT2D eigenvalue weighted by atomic mass is 35.5. The Balaban J connectivity index is 1.48. The van der Waals surface area contributed by atoms with Crippen LogP contribution in [0.3, 0.4) is 0 Å². The first-order valence-electron chi connectivity index (χ1n) is 10.8. The predicted octanol–water partition coefficient (Wildman–Crippen LogP) is 3.36. The minimum atomic E-state index is -0.144. The molecule has 1 heterocycles. The van der Waals surface area contributed by atoms with E-state index in [1.54, 1.807) is 18.2 Å². The molecule has 0 unspecified atom stereocenters. The van der Waals surface area contributed by atoms with Gasteiger partial charge in [-0.25, -0.2) is 0 Å². The number of carbonyl (C=O) groups excluding carboxylic acids is 2. The Morgan fingerprint density at radius 2 is 1.97 bits per heavy atom. The van der Waals surface area contributed by atoms with Crippen molar-refractivity contribution >= 4 is 23.4 Å². The predicted molar refractivity (Wildman–Crippen MR) is 119 cm³/mol. The molecule has 0 radical (unpaired) electrons. The molecule has 1 atom stereocenters. The standard InChI is InChI=1S/C23H32ClN3O3/c1-26(2)15-12-25-22(28)18-8-9-21(20(24)16-18)30-19-10-13-27(14-11-19)23(29)17-6-4-3-5-7-17/h3-4,8-9,16-17,19H,5-7,10-15H2,1-2H3,(H,25,28)/t17-/m1/s1. The third kappa shape index (κ3) is 6.22. The Bertz CT molecular complexity index is 773. The van der Waals surface area contributed by atoms with Gasteiger partial charge in [0.15, 0.2) is 0 Å². The van der Waals surface area contributed by atoms with Crippen molar-refractivity contribution in [3.8, 4) is 5.75 Å². The van der Waals surface area contributed by atoms with Crippen LogP contribution in [0, 0.1) is 5.92 Å². The van der Waals surface area contributed by atoms with E-state index in [0.717, 1.165) is 38.6 Å². The molecule has 1 aliphatic heterocycles. The van der Waals surface area contributed by atoms with Gasteiger partial charge < -0.3 is 19.9 Å². The zero-order valence-electron chi connectivity index (χ0n) is 17.9. The Morgan fingerprint density at radius 3 is 2.60 bits per heavy atom. The zero-order valence-corrected chi connectivity index (χ0v) is 18.7. The molecular weight excluding hydrogens is 402 g/mol. The van der Waals surface area contributed by atoms with Gasteiger partial charge in [0, 0.05) is 50.5 Å². The number of ether oxygens (including phenoxy) is 1. The van der Waals surface area contributed by atoms with Gasteiger partial charge in [-0.2, -0.15) is 0 Å². The van der Waals surface area contributed by atoms with E-state index in [1.165, 1.54) is 0 Å². The summed E-state index contributed by atoms with van der Waals surface area (Å²) in [5.74, 6) is 0.858. The summed E-state index contributed by atoms with van der Waals surface area (Å²) < 4.78 is 6.09. The van der Waals surface area contributed by atoms with Gasteiger partial charge in [-0.1, -0.05) is 23.8 Å². The van der Waals surface area contributed by atoms with Gasteiger partial charge in [0.2, 0.25) is 5.91 Å². The second kappa shape index (κ2) is 10.8. The molecular formula is C23H32ClN3O3. The van der Waals surface area contributed by atoms with Gasteiger partial charge in [-0.3, -0.25) is 9.59 Å². The first-order chi connectivity index (χ1) is 14.4.